The summed E-state index contributed by atoms with van der Waals surface area (Å²) < 4.78 is 35.3. The van der Waals surface area contributed by atoms with Gasteiger partial charge in [0.2, 0.25) is 0 Å². The standard InChI is InChI=1S/C28H27FO8/c1-16(2)25(30)34-10-7-11-35-28(33)23-9-8-19(14-24(23)29)20-12-21(36-26(31)17(3)4)15-22(13-20)37-27(32)18(5)6/h8-9,12-15H,1,3,5,7,10-11H2,2,4,6H3. The lowest BCUT2D eigenvalue weighted by atomic mass is 10.0. The molecule has 2 aromatic rings. The highest BCUT2D eigenvalue weighted by molar-refractivity contribution is 5.92. The summed E-state index contributed by atoms with van der Waals surface area (Å²) in [6.45, 7) is 14.9. The molecule has 0 fully saturated rings. The summed E-state index contributed by atoms with van der Waals surface area (Å²) >= 11 is 0. The first-order chi connectivity index (χ1) is 17.4. The molecule has 0 amide bonds. The number of hydrogen-bond donors (Lipinski definition) is 0. The Morgan fingerprint density at radius 2 is 1.22 bits per heavy atom. The Labute approximate surface area is 214 Å². The van der Waals surface area contributed by atoms with Gasteiger partial charge < -0.3 is 18.9 Å². The van der Waals surface area contributed by atoms with Crippen LogP contribution in [0, 0.1) is 5.82 Å². The average Bonchev–Trinajstić information content (AvgIpc) is 2.82. The van der Waals surface area contributed by atoms with E-state index in [9.17, 15) is 23.6 Å². The molecule has 0 aliphatic heterocycles. The Balaban J connectivity index is 2.21. The second-order valence-electron chi connectivity index (χ2n) is 8.13. The van der Waals surface area contributed by atoms with Gasteiger partial charge in [-0.2, -0.15) is 0 Å². The van der Waals surface area contributed by atoms with Crippen LogP contribution in [0.1, 0.15) is 37.6 Å². The maximum Gasteiger partial charge on any atom is 0.341 e. The predicted octanol–water partition coefficient (Wildman–Crippen LogP) is 5.12. The van der Waals surface area contributed by atoms with Crippen molar-refractivity contribution < 1.29 is 42.5 Å². The molecule has 0 heterocycles. The van der Waals surface area contributed by atoms with Crippen molar-refractivity contribution in [1.29, 1.82) is 0 Å². The molecule has 0 atom stereocenters. The molecule has 0 aromatic heterocycles. The number of hydrogen-bond acceptors (Lipinski definition) is 8. The third kappa shape index (κ3) is 8.57. The topological polar surface area (TPSA) is 105 Å². The number of rotatable bonds is 11. The SMILES string of the molecule is C=C(C)C(=O)OCCCOC(=O)c1ccc(-c2cc(OC(=O)C(=C)C)cc(OC(=O)C(=C)C)c2)cc1F. The van der Waals surface area contributed by atoms with Gasteiger partial charge in [-0.3, -0.25) is 0 Å². The van der Waals surface area contributed by atoms with E-state index in [2.05, 4.69) is 19.7 Å². The molecule has 0 N–H and O–H groups in total. The molecule has 0 saturated carbocycles. The van der Waals surface area contributed by atoms with Crippen LogP contribution in [0.15, 0.2) is 72.9 Å². The van der Waals surface area contributed by atoms with Crippen molar-refractivity contribution in [3.8, 4) is 22.6 Å². The zero-order valence-corrected chi connectivity index (χ0v) is 20.9. The fraction of sp³-hybridized carbons (Fsp3) is 0.214. The summed E-state index contributed by atoms with van der Waals surface area (Å²) in [5.74, 6) is -3.64. The highest BCUT2D eigenvalue weighted by Crippen LogP contribution is 2.32. The van der Waals surface area contributed by atoms with E-state index in [1.54, 1.807) is 0 Å². The lowest BCUT2D eigenvalue weighted by Gasteiger charge is -2.12. The first-order valence-corrected chi connectivity index (χ1v) is 11.1. The molecule has 37 heavy (non-hydrogen) atoms. The summed E-state index contributed by atoms with van der Waals surface area (Å²) in [7, 11) is 0. The Morgan fingerprint density at radius 1 is 0.703 bits per heavy atom. The third-order valence-corrected chi connectivity index (χ3v) is 4.62. The largest absolute Gasteiger partial charge is 0.462 e. The van der Waals surface area contributed by atoms with Crippen molar-refractivity contribution >= 4 is 23.9 Å². The fourth-order valence-electron chi connectivity index (χ4n) is 2.69. The van der Waals surface area contributed by atoms with Crippen molar-refractivity contribution in [2.75, 3.05) is 13.2 Å². The molecule has 0 aliphatic carbocycles. The van der Waals surface area contributed by atoms with Gasteiger partial charge in [0.15, 0.2) is 0 Å². The number of ether oxygens (including phenoxy) is 4. The van der Waals surface area contributed by atoms with E-state index in [-0.39, 0.29) is 53.4 Å². The monoisotopic (exact) mass is 510 g/mol. The maximum absolute atomic E-state index is 14.8. The minimum absolute atomic E-state index is 0.0188. The zero-order valence-electron chi connectivity index (χ0n) is 20.9. The minimum atomic E-state index is -0.893. The molecule has 2 rings (SSSR count). The van der Waals surface area contributed by atoms with Gasteiger partial charge in [0.05, 0.1) is 18.8 Å². The van der Waals surface area contributed by atoms with Gasteiger partial charge in [-0.1, -0.05) is 25.8 Å². The smallest absolute Gasteiger partial charge is 0.341 e. The number of esters is 4. The highest BCUT2D eigenvalue weighted by Gasteiger charge is 2.17. The van der Waals surface area contributed by atoms with Gasteiger partial charge in [-0.05, 0) is 56.2 Å². The summed E-state index contributed by atoms with van der Waals surface area (Å²) in [5, 5.41) is 0. The molecular weight excluding hydrogens is 483 g/mol. The van der Waals surface area contributed by atoms with Crippen molar-refractivity contribution in [3.63, 3.8) is 0 Å². The summed E-state index contributed by atoms with van der Waals surface area (Å²) in [6.07, 6.45) is 0.228. The van der Waals surface area contributed by atoms with Crippen LogP contribution >= 0.6 is 0 Å². The lowest BCUT2D eigenvalue weighted by Crippen LogP contribution is -2.12. The molecular formula is C28H27FO8. The van der Waals surface area contributed by atoms with Gasteiger partial charge in [0, 0.05) is 29.2 Å². The van der Waals surface area contributed by atoms with Crippen LogP contribution in [0.4, 0.5) is 4.39 Å². The normalized spacial score (nSPS) is 10.2. The number of carbonyl (C=O) groups excluding carboxylic acids is 4. The Bertz CT molecular complexity index is 1230. The fourth-order valence-corrected chi connectivity index (χ4v) is 2.69. The van der Waals surface area contributed by atoms with Crippen LogP contribution in [-0.2, 0) is 23.9 Å². The van der Waals surface area contributed by atoms with E-state index in [1.165, 1.54) is 51.1 Å². The maximum atomic E-state index is 14.8. The van der Waals surface area contributed by atoms with Gasteiger partial charge >= 0.3 is 23.9 Å². The van der Waals surface area contributed by atoms with E-state index >= 15 is 0 Å². The minimum Gasteiger partial charge on any atom is -0.462 e. The van der Waals surface area contributed by atoms with Gasteiger partial charge in [0.25, 0.3) is 0 Å². The van der Waals surface area contributed by atoms with Crippen molar-refractivity contribution in [1.82, 2.24) is 0 Å². The molecule has 0 saturated heterocycles. The summed E-state index contributed by atoms with van der Waals surface area (Å²) in [4.78, 5) is 47.6. The molecule has 0 bridgehead atoms. The predicted molar refractivity (Wildman–Crippen MR) is 133 cm³/mol. The molecule has 0 aliphatic rings. The van der Waals surface area contributed by atoms with Crippen LogP contribution < -0.4 is 9.47 Å². The van der Waals surface area contributed by atoms with Crippen molar-refractivity contribution in [2.24, 2.45) is 0 Å². The van der Waals surface area contributed by atoms with Crippen molar-refractivity contribution in [2.45, 2.75) is 27.2 Å². The van der Waals surface area contributed by atoms with Gasteiger partial charge in [0.1, 0.15) is 17.3 Å². The van der Waals surface area contributed by atoms with Crippen LogP contribution in [0.3, 0.4) is 0 Å². The van der Waals surface area contributed by atoms with E-state index in [4.69, 9.17) is 18.9 Å². The van der Waals surface area contributed by atoms with E-state index < -0.39 is 29.7 Å². The van der Waals surface area contributed by atoms with Crippen LogP contribution in [-0.4, -0.2) is 37.1 Å². The Kier molecular flexibility index (Phi) is 10.1. The second kappa shape index (κ2) is 13.0. The molecule has 0 spiro atoms. The molecule has 9 heteroatoms. The molecule has 0 radical (unpaired) electrons. The average molecular weight is 511 g/mol. The number of halogens is 1. The molecule has 194 valence electrons. The Morgan fingerprint density at radius 3 is 1.70 bits per heavy atom. The second-order valence-corrected chi connectivity index (χ2v) is 8.13. The number of benzene rings is 2. The summed E-state index contributed by atoms with van der Waals surface area (Å²) in [5.41, 5.74) is 0.889. The van der Waals surface area contributed by atoms with E-state index in [0.717, 1.165) is 6.07 Å². The molecule has 0 unspecified atom stereocenters. The van der Waals surface area contributed by atoms with Gasteiger partial charge in [-0.15, -0.1) is 0 Å². The highest BCUT2D eigenvalue weighted by atomic mass is 19.1. The van der Waals surface area contributed by atoms with E-state index in [1.807, 2.05) is 0 Å². The van der Waals surface area contributed by atoms with E-state index in [0.29, 0.717) is 11.1 Å². The quantitative estimate of drug-likeness (QED) is 0.178. The van der Waals surface area contributed by atoms with Crippen LogP contribution in [0.25, 0.3) is 11.1 Å². The first kappa shape index (κ1) is 28.7. The van der Waals surface area contributed by atoms with Gasteiger partial charge in [-0.25, -0.2) is 23.6 Å². The zero-order chi connectivity index (χ0) is 27.7. The van der Waals surface area contributed by atoms with Crippen LogP contribution in [0.2, 0.25) is 0 Å². The molecule has 2 aromatic carbocycles. The summed E-state index contributed by atoms with van der Waals surface area (Å²) in [6, 6.07) is 7.99. The van der Waals surface area contributed by atoms with Crippen LogP contribution in [0.5, 0.6) is 11.5 Å². The lowest BCUT2D eigenvalue weighted by molar-refractivity contribution is -0.139. The first-order valence-electron chi connectivity index (χ1n) is 11.1. The Hall–Kier alpha value is -4.53. The number of carbonyl (C=O) groups is 4. The third-order valence-electron chi connectivity index (χ3n) is 4.62. The molecule has 8 nitrogen and oxygen atoms in total. The van der Waals surface area contributed by atoms with Crippen molar-refractivity contribution in [3.05, 3.63) is 84.2 Å².